The predicted octanol–water partition coefficient (Wildman–Crippen LogP) is 3.85. The van der Waals surface area contributed by atoms with E-state index in [1.165, 1.54) is 6.07 Å². The number of alkyl halides is 3. The van der Waals surface area contributed by atoms with E-state index in [-0.39, 0.29) is 18.9 Å². The highest BCUT2D eigenvalue weighted by atomic mass is 32.1. The largest absolute Gasteiger partial charge is 0.493 e. The molecule has 0 unspecified atom stereocenters. The molecule has 0 fully saturated rings. The fraction of sp³-hybridized carbons (Fsp3) is 0.286. The van der Waals surface area contributed by atoms with Gasteiger partial charge in [0, 0.05) is 13.0 Å². The number of rotatable bonds is 5. The quantitative estimate of drug-likeness (QED) is 0.910. The van der Waals surface area contributed by atoms with Crippen LogP contribution >= 0.6 is 11.3 Å². The Labute approximate surface area is 119 Å². The lowest BCUT2D eigenvalue weighted by Gasteiger charge is -2.15. The molecule has 0 spiro atoms. The molecule has 1 heterocycles. The lowest BCUT2D eigenvalue weighted by Crippen LogP contribution is -2.11. The maximum absolute atomic E-state index is 12.9. The molecule has 0 amide bonds. The zero-order valence-electron chi connectivity index (χ0n) is 10.6. The lowest BCUT2D eigenvalue weighted by molar-refractivity contribution is -0.139. The highest BCUT2D eigenvalue weighted by Gasteiger charge is 2.34. The molecule has 0 saturated carbocycles. The molecule has 20 heavy (non-hydrogen) atoms. The van der Waals surface area contributed by atoms with Gasteiger partial charge in [0.05, 0.1) is 12.2 Å². The van der Waals surface area contributed by atoms with Gasteiger partial charge in [-0.1, -0.05) is 6.07 Å². The van der Waals surface area contributed by atoms with Crippen molar-refractivity contribution in [3.8, 4) is 5.75 Å². The summed E-state index contributed by atoms with van der Waals surface area (Å²) in [6.45, 7) is 0.278. The van der Waals surface area contributed by atoms with Gasteiger partial charge in [-0.25, -0.2) is 0 Å². The van der Waals surface area contributed by atoms with E-state index in [0.29, 0.717) is 12.0 Å². The minimum absolute atomic E-state index is 0.0677. The number of halogens is 3. The zero-order chi connectivity index (χ0) is 14.6. The van der Waals surface area contributed by atoms with Crippen LogP contribution < -0.4 is 10.5 Å². The van der Waals surface area contributed by atoms with Gasteiger partial charge in [-0.05, 0) is 40.1 Å². The Morgan fingerprint density at radius 2 is 1.95 bits per heavy atom. The SMILES string of the molecule is NCc1ccc(OCCc2ccsc2)c(C(F)(F)F)c1. The first-order valence-electron chi connectivity index (χ1n) is 6.05. The number of nitrogens with two attached hydrogens (primary N) is 1. The first-order valence-corrected chi connectivity index (χ1v) is 6.99. The van der Waals surface area contributed by atoms with Gasteiger partial charge >= 0.3 is 6.18 Å². The van der Waals surface area contributed by atoms with Gasteiger partial charge in [-0.2, -0.15) is 24.5 Å². The van der Waals surface area contributed by atoms with Crippen LogP contribution in [0.2, 0.25) is 0 Å². The van der Waals surface area contributed by atoms with Crippen LogP contribution in [0.5, 0.6) is 5.75 Å². The lowest BCUT2D eigenvalue weighted by atomic mass is 10.1. The van der Waals surface area contributed by atoms with E-state index < -0.39 is 11.7 Å². The molecule has 2 N–H and O–H groups in total. The van der Waals surface area contributed by atoms with E-state index >= 15 is 0 Å². The summed E-state index contributed by atoms with van der Waals surface area (Å²) in [5.74, 6) is -0.148. The van der Waals surface area contributed by atoms with Gasteiger partial charge < -0.3 is 10.5 Å². The van der Waals surface area contributed by atoms with Crippen molar-refractivity contribution in [2.45, 2.75) is 19.1 Å². The van der Waals surface area contributed by atoms with Gasteiger partial charge in [-0.15, -0.1) is 0 Å². The van der Waals surface area contributed by atoms with E-state index in [0.717, 1.165) is 11.6 Å². The van der Waals surface area contributed by atoms with Gasteiger partial charge in [0.15, 0.2) is 0 Å². The molecule has 0 atom stereocenters. The molecule has 108 valence electrons. The molecule has 2 nitrogen and oxygen atoms in total. The van der Waals surface area contributed by atoms with Crippen LogP contribution in [-0.4, -0.2) is 6.61 Å². The van der Waals surface area contributed by atoms with Crippen LogP contribution in [0.25, 0.3) is 0 Å². The molecule has 2 rings (SSSR count). The van der Waals surface area contributed by atoms with Crippen LogP contribution in [-0.2, 0) is 19.1 Å². The monoisotopic (exact) mass is 301 g/mol. The summed E-state index contributed by atoms with van der Waals surface area (Å²) < 4.78 is 44.1. The molecule has 1 aromatic heterocycles. The second-order valence-electron chi connectivity index (χ2n) is 4.26. The average molecular weight is 301 g/mol. The van der Waals surface area contributed by atoms with E-state index in [4.69, 9.17) is 10.5 Å². The molecular weight excluding hydrogens is 287 g/mol. The van der Waals surface area contributed by atoms with Crippen LogP contribution in [0.3, 0.4) is 0 Å². The first-order chi connectivity index (χ1) is 9.50. The predicted molar refractivity (Wildman–Crippen MR) is 72.9 cm³/mol. The number of benzene rings is 1. The van der Waals surface area contributed by atoms with Crippen LogP contribution in [0.4, 0.5) is 13.2 Å². The standard InChI is InChI=1S/C14H14F3NOS/c15-14(16,17)12-7-11(8-18)1-2-13(12)19-5-3-10-4-6-20-9-10/h1-2,4,6-7,9H,3,5,8,18H2. The molecule has 0 aliphatic heterocycles. The number of thiophene rings is 1. The maximum Gasteiger partial charge on any atom is 0.419 e. The highest BCUT2D eigenvalue weighted by Crippen LogP contribution is 2.36. The van der Waals surface area contributed by atoms with Crippen LogP contribution in [0.1, 0.15) is 16.7 Å². The molecule has 0 aliphatic carbocycles. The minimum Gasteiger partial charge on any atom is -0.493 e. The van der Waals surface area contributed by atoms with Gasteiger partial charge in [0.1, 0.15) is 5.75 Å². The van der Waals surface area contributed by atoms with Gasteiger partial charge in [0.2, 0.25) is 0 Å². The van der Waals surface area contributed by atoms with Crippen molar-refractivity contribution in [2.24, 2.45) is 5.73 Å². The molecule has 6 heteroatoms. The molecular formula is C14H14F3NOS. The van der Waals surface area contributed by atoms with Crippen molar-refractivity contribution in [3.05, 3.63) is 51.7 Å². The summed E-state index contributed by atoms with van der Waals surface area (Å²) in [5, 5.41) is 3.87. The smallest absolute Gasteiger partial charge is 0.419 e. The van der Waals surface area contributed by atoms with E-state index in [2.05, 4.69) is 0 Å². The average Bonchev–Trinajstić information content (AvgIpc) is 2.91. The molecule has 2 aromatic rings. The third-order valence-electron chi connectivity index (χ3n) is 2.81. The van der Waals surface area contributed by atoms with E-state index in [1.54, 1.807) is 17.4 Å². The third kappa shape index (κ3) is 3.74. The molecule has 1 aromatic carbocycles. The topological polar surface area (TPSA) is 35.2 Å². The Morgan fingerprint density at radius 1 is 1.15 bits per heavy atom. The Kier molecular flexibility index (Phi) is 4.67. The molecule has 0 saturated heterocycles. The first kappa shape index (κ1) is 14.9. The van der Waals surface area contributed by atoms with Crippen molar-refractivity contribution in [2.75, 3.05) is 6.61 Å². The minimum atomic E-state index is -4.44. The maximum atomic E-state index is 12.9. The van der Waals surface area contributed by atoms with Crippen molar-refractivity contribution in [1.82, 2.24) is 0 Å². The van der Waals surface area contributed by atoms with Gasteiger partial charge in [0.25, 0.3) is 0 Å². The molecule has 0 bridgehead atoms. The fourth-order valence-electron chi connectivity index (χ4n) is 1.77. The van der Waals surface area contributed by atoms with Crippen molar-refractivity contribution in [3.63, 3.8) is 0 Å². The van der Waals surface area contributed by atoms with Crippen molar-refractivity contribution in [1.29, 1.82) is 0 Å². The number of ether oxygens (including phenoxy) is 1. The van der Waals surface area contributed by atoms with E-state index in [9.17, 15) is 13.2 Å². The summed E-state index contributed by atoms with van der Waals surface area (Å²) in [7, 11) is 0. The Balaban J connectivity index is 2.10. The van der Waals surface area contributed by atoms with Crippen molar-refractivity contribution >= 4 is 11.3 Å². The highest BCUT2D eigenvalue weighted by molar-refractivity contribution is 7.07. The Morgan fingerprint density at radius 3 is 2.55 bits per heavy atom. The second-order valence-corrected chi connectivity index (χ2v) is 5.04. The Bertz CT molecular complexity index is 552. The summed E-state index contributed by atoms with van der Waals surface area (Å²) in [5.41, 5.74) is 6.09. The van der Waals surface area contributed by atoms with Gasteiger partial charge in [-0.3, -0.25) is 0 Å². The van der Waals surface area contributed by atoms with Crippen LogP contribution in [0, 0.1) is 0 Å². The Hall–Kier alpha value is -1.53. The zero-order valence-corrected chi connectivity index (χ0v) is 11.4. The normalized spacial score (nSPS) is 11.6. The third-order valence-corrected chi connectivity index (χ3v) is 3.55. The molecule has 0 radical (unpaired) electrons. The van der Waals surface area contributed by atoms with Crippen LogP contribution in [0.15, 0.2) is 35.0 Å². The number of hydrogen-bond acceptors (Lipinski definition) is 3. The summed E-state index contributed by atoms with van der Waals surface area (Å²) in [6, 6.07) is 5.85. The second kappa shape index (κ2) is 6.28. The fourth-order valence-corrected chi connectivity index (χ4v) is 2.47. The molecule has 0 aliphatic rings. The summed E-state index contributed by atoms with van der Waals surface area (Å²) in [6.07, 6.45) is -3.86. The van der Waals surface area contributed by atoms with E-state index in [1.807, 2.05) is 16.8 Å². The number of hydrogen-bond donors (Lipinski definition) is 1. The summed E-state index contributed by atoms with van der Waals surface area (Å²) >= 11 is 1.55. The van der Waals surface area contributed by atoms with Crippen molar-refractivity contribution < 1.29 is 17.9 Å². The summed E-state index contributed by atoms with van der Waals surface area (Å²) in [4.78, 5) is 0.